The van der Waals surface area contributed by atoms with Crippen LogP contribution in [0.15, 0.2) is 60.7 Å². The lowest BCUT2D eigenvalue weighted by atomic mass is 10.1. The van der Waals surface area contributed by atoms with Gasteiger partial charge in [0.15, 0.2) is 23.3 Å². The third-order valence-electron chi connectivity index (χ3n) is 5.47. The Morgan fingerprint density at radius 2 is 1.06 bits per heavy atom. The summed E-state index contributed by atoms with van der Waals surface area (Å²) in [4.78, 5) is 34.7. The predicted octanol–water partition coefficient (Wildman–Crippen LogP) is 4.55. The maximum Gasteiger partial charge on any atom is 0.164 e. The van der Waals surface area contributed by atoms with Gasteiger partial charge in [0.1, 0.15) is 22.6 Å². The van der Waals surface area contributed by atoms with Gasteiger partial charge in [0.2, 0.25) is 0 Å². The standard InChI is InChI=1S/C24H14N8/c1-3-7-15-13(5-1)21-28-19-11-9-17(26-19)25-18-10-12-20(27-18)29-22-14-6-2-4-8-16(14)24(31-22)32-23(15)30-21/h1-12H,(H2,25,26,27,28,29,30,31,32). The molecule has 2 aliphatic rings. The van der Waals surface area contributed by atoms with Crippen LogP contribution in [-0.2, 0) is 0 Å². The number of aromatic amines is 2. The minimum Gasteiger partial charge on any atom is -0.325 e. The van der Waals surface area contributed by atoms with Crippen molar-refractivity contribution in [3.8, 4) is 22.8 Å². The smallest absolute Gasteiger partial charge is 0.164 e. The summed E-state index contributed by atoms with van der Waals surface area (Å²) < 4.78 is 0. The Kier molecular flexibility index (Phi) is 3.40. The molecule has 8 nitrogen and oxygen atoms in total. The number of benzene rings is 2. The van der Waals surface area contributed by atoms with Crippen LogP contribution in [0.4, 0.5) is 0 Å². The van der Waals surface area contributed by atoms with Crippen LogP contribution in [-0.4, -0.2) is 39.9 Å². The molecule has 0 aliphatic carbocycles. The van der Waals surface area contributed by atoms with Gasteiger partial charge in [-0.05, 0) is 24.3 Å². The number of nitrogens with zero attached hydrogens (tertiary/aromatic N) is 6. The fourth-order valence-corrected chi connectivity index (χ4v) is 4.01. The highest BCUT2D eigenvalue weighted by atomic mass is 15.0. The van der Waals surface area contributed by atoms with Gasteiger partial charge in [0, 0.05) is 21.9 Å². The highest BCUT2D eigenvalue weighted by Crippen LogP contribution is 2.33. The highest BCUT2D eigenvalue weighted by Gasteiger charge is 2.18. The minimum absolute atomic E-state index is 0.573. The minimum atomic E-state index is 0.573. The third kappa shape index (κ3) is 2.63. The van der Waals surface area contributed by atoms with E-state index in [0.717, 1.165) is 21.9 Å². The van der Waals surface area contributed by atoms with E-state index in [1.54, 1.807) is 0 Å². The lowest BCUT2D eigenvalue weighted by molar-refractivity contribution is 1.13. The first kappa shape index (κ1) is 17.0. The molecule has 2 aliphatic heterocycles. The van der Waals surface area contributed by atoms with Crippen LogP contribution in [0.2, 0.25) is 0 Å². The molecule has 0 atom stereocenters. The van der Waals surface area contributed by atoms with Crippen LogP contribution in [0.1, 0.15) is 11.6 Å². The maximum absolute atomic E-state index is 4.89. The Bertz CT molecular complexity index is 1740. The summed E-state index contributed by atoms with van der Waals surface area (Å²) in [5.41, 5.74) is 4.58. The summed E-state index contributed by atoms with van der Waals surface area (Å²) in [5.74, 6) is 2.36. The van der Waals surface area contributed by atoms with Crippen molar-refractivity contribution in [1.82, 2.24) is 39.9 Å². The van der Waals surface area contributed by atoms with E-state index in [-0.39, 0.29) is 0 Å². The van der Waals surface area contributed by atoms with Crippen molar-refractivity contribution < 1.29 is 0 Å². The molecule has 0 saturated heterocycles. The molecule has 5 aromatic rings. The zero-order valence-corrected chi connectivity index (χ0v) is 16.6. The molecule has 5 heterocycles. The molecule has 8 heteroatoms. The summed E-state index contributed by atoms with van der Waals surface area (Å²) in [6.45, 7) is 0. The highest BCUT2D eigenvalue weighted by molar-refractivity contribution is 6.04. The second-order valence-electron chi connectivity index (χ2n) is 7.51. The first-order chi connectivity index (χ1) is 15.8. The molecular formula is C24H14N8. The van der Waals surface area contributed by atoms with Crippen molar-refractivity contribution in [1.29, 1.82) is 0 Å². The Morgan fingerprint density at radius 1 is 0.469 bits per heavy atom. The second-order valence-corrected chi connectivity index (χ2v) is 7.51. The van der Waals surface area contributed by atoms with Gasteiger partial charge in [0.05, 0.1) is 0 Å². The molecule has 7 rings (SSSR count). The molecule has 2 aromatic carbocycles. The molecule has 0 radical (unpaired) electrons. The number of hydrogen-bond acceptors (Lipinski definition) is 6. The Morgan fingerprint density at radius 3 is 1.81 bits per heavy atom. The van der Waals surface area contributed by atoms with E-state index < -0.39 is 0 Å². The Balaban J connectivity index is 1.67. The average molecular weight is 414 g/mol. The number of rotatable bonds is 0. The van der Waals surface area contributed by atoms with Crippen molar-refractivity contribution in [3.05, 3.63) is 72.3 Å². The lowest BCUT2D eigenvalue weighted by Crippen LogP contribution is -1.84. The van der Waals surface area contributed by atoms with Gasteiger partial charge in [-0.25, -0.2) is 29.9 Å². The summed E-state index contributed by atoms with van der Waals surface area (Å²) in [6.07, 6.45) is 3.68. The summed E-state index contributed by atoms with van der Waals surface area (Å²) in [7, 11) is 0. The molecule has 150 valence electrons. The summed E-state index contributed by atoms with van der Waals surface area (Å²) >= 11 is 0. The van der Waals surface area contributed by atoms with E-state index in [1.807, 2.05) is 72.8 Å². The van der Waals surface area contributed by atoms with E-state index >= 15 is 0 Å². The summed E-state index contributed by atoms with van der Waals surface area (Å²) in [5, 5.41) is 1.93. The lowest BCUT2D eigenvalue weighted by Gasteiger charge is -1.95. The quantitative estimate of drug-likeness (QED) is 0.377. The molecule has 32 heavy (non-hydrogen) atoms. The van der Waals surface area contributed by atoms with Gasteiger partial charge in [-0.15, -0.1) is 0 Å². The van der Waals surface area contributed by atoms with Crippen LogP contribution in [0, 0.1) is 0 Å². The van der Waals surface area contributed by atoms with Crippen molar-refractivity contribution in [2.45, 2.75) is 0 Å². The SMILES string of the molecule is C1=Cc2nc1nc1ccc(nc3nc(nc4[nH]c(n2)c2ccccc42)-c2ccccc2-3)[nH]1. The Labute approximate surface area is 180 Å². The normalized spacial score (nSPS) is 12.2. The van der Waals surface area contributed by atoms with Crippen molar-refractivity contribution in [2.24, 2.45) is 0 Å². The predicted molar refractivity (Wildman–Crippen MR) is 123 cm³/mol. The molecule has 0 saturated carbocycles. The number of hydrogen-bond donors (Lipinski definition) is 2. The molecule has 3 aromatic heterocycles. The van der Waals surface area contributed by atoms with Gasteiger partial charge in [-0.3, -0.25) is 0 Å². The second kappa shape index (κ2) is 6.39. The van der Waals surface area contributed by atoms with Crippen LogP contribution in [0.25, 0.3) is 68.3 Å². The molecule has 0 spiro atoms. The third-order valence-corrected chi connectivity index (χ3v) is 5.47. The topological polar surface area (TPSA) is 109 Å². The van der Waals surface area contributed by atoms with Gasteiger partial charge < -0.3 is 9.97 Å². The van der Waals surface area contributed by atoms with Crippen LogP contribution >= 0.6 is 0 Å². The fraction of sp³-hybridized carbons (Fsp3) is 0. The first-order valence-corrected chi connectivity index (χ1v) is 10.2. The molecule has 8 bridgehead atoms. The molecule has 0 fully saturated rings. The number of fused-ring (bicyclic) bond motifs is 14. The van der Waals surface area contributed by atoms with Gasteiger partial charge in [0.25, 0.3) is 0 Å². The van der Waals surface area contributed by atoms with E-state index in [4.69, 9.17) is 19.9 Å². The summed E-state index contributed by atoms with van der Waals surface area (Å²) in [6, 6.07) is 19.7. The van der Waals surface area contributed by atoms with Gasteiger partial charge in [-0.2, -0.15) is 0 Å². The van der Waals surface area contributed by atoms with Crippen molar-refractivity contribution >= 4 is 45.5 Å². The van der Waals surface area contributed by atoms with E-state index in [9.17, 15) is 0 Å². The van der Waals surface area contributed by atoms with E-state index in [1.165, 1.54) is 0 Å². The largest absolute Gasteiger partial charge is 0.325 e. The van der Waals surface area contributed by atoms with Gasteiger partial charge >= 0.3 is 0 Å². The molecule has 0 unspecified atom stereocenters. The van der Waals surface area contributed by atoms with Gasteiger partial charge in [-0.1, -0.05) is 48.5 Å². The van der Waals surface area contributed by atoms with Crippen LogP contribution < -0.4 is 0 Å². The zero-order chi connectivity index (χ0) is 21.1. The first-order valence-electron chi connectivity index (χ1n) is 10.2. The number of H-pyrrole nitrogens is 2. The van der Waals surface area contributed by atoms with Crippen LogP contribution in [0.5, 0.6) is 0 Å². The number of aromatic nitrogens is 8. The van der Waals surface area contributed by atoms with E-state index in [2.05, 4.69) is 19.9 Å². The maximum atomic E-state index is 4.89. The molecule has 2 N–H and O–H groups in total. The number of nitrogens with one attached hydrogen (secondary N) is 2. The fourth-order valence-electron chi connectivity index (χ4n) is 4.01. The van der Waals surface area contributed by atoms with E-state index in [0.29, 0.717) is 45.9 Å². The average Bonchev–Trinajstić information content (AvgIpc) is 3.58. The molecule has 0 amide bonds. The van der Waals surface area contributed by atoms with Crippen molar-refractivity contribution in [3.63, 3.8) is 0 Å². The Hall–Kier alpha value is -4.72. The monoisotopic (exact) mass is 414 g/mol. The van der Waals surface area contributed by atoms with Crippen molar-refractivity contribution in [2.75, 3.05) is 0 Å². The molecular weight excluding hydrogens is 400 g/mol. The zero-order valence-electron chi connectivity index (χ0n) is 16.6. The van der Waals surface area contributed by atoms with Crippen LogP contribution in [0.3, 0.4) is 0 Å².